The monoisotopic (exact) mass is 215 g/mol. The number of ether oxygens (including phenoxy) is 1. The molecule has 1 aliphatic rings. The second-order valence-corrected chi connectivity index (χ2v) is 3.80. The van der Waals surface area contributed by atoms with Gasteiger partial charge in [-0.15, -0.1) is 0 Å². The quantitative estimate of drug-likeness (QED) is 0.701. The second-order valence-electron chi connectivity index (χ2n) is 3.80. The highest BCUT2D eigenvalue weighted by Gasteiger charge is 2.18. The zero-order valence-electron chi connectivity index (χ0n) is 8.86. The molecule has 1 fully saturated rings. The summed E-state index contributed by atoms with van der Waals surface area (Å²) < 4.78 is 5.36. The standard InChI is InChI=1S/C10H17NO4/c1-7(10(13)14)11-9(12)5-4-8-3-2-6-15-8/h7-8H,2-6H2,1H3,(H,11,12)(H,13,14). The summed E-state index contributed by atoms with van der Waals surface area (Å²) in [7, 11) is 0. The van der Waals surface area contributed by atoms with Crippen LogP contribution in [0.1, 0.15) is 32.6 Å². The third-order valence-electron chi connectivity index (χ3n) is 2.47. The average Bonchev–Trinajstić information content (AvgIpc) is 2.66. The molecule has 0 saturated carbocycles. The van der Waals surface area contributed by atoms with Crippen molar-refractivity contribution in [3.8, 4) is 0 Å². The van der Waals surface area contributed by atoms with Gasteiger partial charge in [0.15, 0.2) is 0 Å². The summed E-state index contributed by atoms with van der Waals surface area (Å²) in [6.45, 7) is 2.23. The first-order chi connectivity index (χ1) is 7.09. The van der Waals surface area contributed by atoms with Gasteiger partial charge in [0.05, 0.1) is 6.10 Å². The first-order valence-electron chi connectivity index (χ1n) is 5.23. The Kier molecular flexibility index (Phi) is 4.55. The molecule has 1 amide bonds. The average molecular weight is 215 g/mol. The number of hydrogen-bond acceptors (Lipinski definition) is 3. The van der Waals surface area contributed by atoms with Gasteiger partial charge in [0.25, 0.3) is 0 Å². The number of aliphatic carboxylic acids is 1. The Morgan fingerprint density at radius 2 is 2.33 bits per heavy atom. The fourth-order valence-electron chi connectivity index (χ4n) is 1.54. The second kappa shape index (κ2) is 5.70. The summed E-state index contributed by atoms with van der Waals surface area (Å²) >= 11 is 0. The molecule has 5 nitrogen and oxygen atoms in total. The summed E-state index contributed by atoms with van der Waals surface area (Å²) in [6.07, 6.45) is 3.25. The Morgan fingerprint density at radius 3 is 2.87 bits per heavy atom. The highest BCUT2D eigenvalue weighted by molar-refractivity contribution is 5.83. The number of carbonyl (C=O) groups is 2. The van der Waals surface area contributed by atoms with Crippen molar-refractivity contribution in [2.75, 3.05) is 6.61 Å². The Balaban J connectivity index is 2.15. The van der Waals surface area contributed by atoms with Gasteiger partial charge >= 0.3 is 5.97 Å². The zero-order chi connectivity index (χ0) is 11.3. The van der Waals surface area contributed by atoms with E-state index in [1.807, 2.05) is 0 Å². The number of carboxylic acids is 1. The first kappa shape index (κ1) is 12.0. The predicted octanol–water partition coefficient (Wildman–Crippen LogP) is 0.535. The van der Waals surface area contributed by atoms with Crippen LogP contribution in [0.4, 0.5) is 0 Å². The van der Waals surface area contributed by atoms with Gasteiger partial charge < -0.3 is 15.2 Å². The van der Waals surface area contributed by atoms with Gasteiger partial charge in [-0.2, -0.15) is 0 Å². The molecule has 1 aliphatic heterocycles. The number of hydrogen-bond donors (Lipinski definition) is 2. The van der Waals surface area contributed by atoms with Gasteiger partial charge in [-0.05, 0) is 26.2 Å². The topological polar surface area (TPSA) is 75.6 Å². The molecule has 0 aliphatic carbocycles. The molecular weight excluding hydrogens is 198 g/mol. The van der Waals surface area contributed by atoms with Gasteiger partial charge in [-0.1, -0.05) is 0 Å². The molecular formula is C10H17NO4. The van der Waals surface area contributed by atoms with E-state index in [4.69, 9.17) is 9.84 Å². The summed E-state index contributed by atoms with van der Waals surface area (Å²) in [5.41, 5.74) is 0. The SMILES string of the molecule is CC(NC(=O)CCC1CCCO1)C(=O)O. The van der Waals surface area contributed by atoms with Crippen molar-refractivity contribution in [3.05, 3.63) is 0 Å². The molecule has 5 heteroatoms. The van der Waals surface area contributed by atoms with E-state index in [-0.39, 0.29) is 12.0 Å². The maximum atomic E-state index is 11.3. The van der Waals surface area contributed by atoms with Crippen LogP contribution in [0.2, 0.25) is 0 Å². The normalized spacial score (nSPS) is 22.3. The van der Waals surface area contributed by atoms with Crippen molar-refractivity contribution in [2.24, 2.45) is 0 Å². The van der Waals surface area contributed by atoms with Gasteiger partial charge in [0, 0.05) is 13.0 Å². The lowest BCUT2D eigenvalue weighted by atomic mass is 10.1. The largest absolute Gasteiger partial charge is 0.480 e. The summed E-state index contributed by atoms with van der Waals surface area (Å²) in [6, 6.07) is -0.818. The maximum absolute atomic E-state index is 11.3. The number of rotatable bonds is 5. The van der Waals surface area contributed by atoms with Gasteiger partial charge in [0.1, 0.15) is 6.04 Å². The Morgan fingerprint density at radius 1 is 1.60 bits per heavy atom. The molecule has 0 aromatic carbocycles. The number of amides is 1. The fraction of sp³-hybridized carbons (Fsp3) is 0.800. The van der Waals surface area contributed by atoms with E-state index in [1.54, 1.807) is 0 Å². The van der Waals surface area contributed by atoms with Gasteiger partial charge in [-0.3, -0.25) is 9.59 Å². The predicted molar refractivity (Wildman–Crippen MR) is 53.4 cm³/mol. The van der Waals surface area contributed by atoms with E-state index in [1.165, 1.54) is 6.92 Å². The Hall–Kier alpha value is -1.10. The van der Waals surface area contributed by atoms with Crippen molar-refractivity contribution in [1.82, 2.24) is 5.32 Å². The molecule has 1 saturated heterocycles. The molecule has 2 unspecified atom stereocenters. The van der Waals surface area contributed by atoms with Crippen LogP contribution in [0, 0.1) is 0 Å². The summed E-state index contributed by atoms with van der Waals surface area (Å²) in [4.78, 5) is 21.7. The molecule has 0 bridgehead atoms. The lowest BCUT2D eigenvalue weighted by Crippen LogP contribution is -2.38. The number of carbonyl (C=O) groups excluding carboxylic acids is 1. The lowest BCUT2D eigenvalue weighted by Gasteiger charge is -2.11. The summed E-state index contributed by atoms with van der Waals surface area (Å²) in [5, 5.41) is 11.0. The third-order valence-corrected chi connectivity index (χ3v) is 2.47. The molecule has 1 rings (SSSR count). The van der Waals surface area contributed by atoms with E-state index in [0.29, 0.717) is 12.8 Å². The molecule has 0 aromatic heterocycles. The molecule has 1 heterocycles. The smallest absolute Gasteiger partial charge is 0.325 e. The summed E-state index contributed by atoms with van der Waals surface area (Å²) in [5.74, 6) is -1.24. The molecule has 2 N–H and O–H groups in total. The van der Waals surface area contributed by atoms with E-state index in [2.05, 4.69) is 5.32 Å². The molecule has 0 aromatic rings. The van der Waals surface area contributed by atoms with Gasteiger partial charge in [0.2, 0.25) is 5.91 Å². The lowest BCUT2D eigenvalue weighted by molar-refractivity contribution is -0.141. The molecule has 86 valence electrons. The van der Waals surface area contributed by atoms with E-state index in [9.17, 15) is 9.59 Å². The van der Waals surface area contributed by atoms with Crippen molar-refractivity contribution in [2.45, 2.75) is 44.8 Å². The van der Waals surface area contributed by atoms with Crippen molar-refractivity contribution >= 4 is 11.9 Å². The maximum Gasteiger partial charge on any atom is 0.325 e. The highest BCUT2D eigenvalue weighted by atomic mass is 16.5. The van der Waals surface area contributed by atoms with Crippen LogP contribution < -0.4 is 5.32 Å². The number of carboxylic acid groups (broad SMARTS) is 1. The van der Waals surface area contributed by atoms with Crippen LogP contribution in [-0.4, -0.2) is 35.7 Å². The number of nitrogens with one attached hydrogen (secondary N) is 1. The van der Waals surface area contributed by atoms with Crippen LogP contribution in [0.25, 0.3) is 0 Å². The van der Waals surface area contributed by atoms with Crippen molar-refractivity contribution in [3.63, 3.8) is 0 Å². The molecule has 15 heavy (non-hydrogen) atoms. The first-order valence-corrected chi connectivity index (χ1v) is 5.23. The minimum atomic E-state index is -1.01. The molecule has 0 spiro atoms. The van der Waals surface area contributed by atoms with Crippen LogP contribution in [-0.2, 0) is 14.3 Å². The Bertz CT molecular complexity index is 236. The molecule has 0 radical (unpaired) electrons. The minimum Gasteiger partial charge on any atom is -0.480 e. The third kappa shape index (κ3) is 4.29. The van der Waals surface area contributed by atoms with Crippen LogP contribution in [0.15, 0.2) is 0 Å². The zero-order valence-corrected chi connectivity index (χ0v) is 8.86. The van der Waals surface area contributed by atoms with Crippen LogP contribution in [0.3, 0.4) is 0 Å². The minimum absolute atomic E-state index is 0.177. The van der Waals surface area contributed by atoms with E-state index in [0.717, 1.165) is 19.4 Å². The molecule has 2 atom stereocenters. The van der Waals surface area contributed by atoms with E-state index < -0.39 is 12.0 Å². The van der Waals surface area contributed by atoms with Crippen molar-refractivity contribution < 1.29 is 19.4 Å². The van der Waals surface area contributed by atoms with Crippen molar-refractivity contribution in [1.29, 1.82) is 0 Å². The highest BCUT2D eigenvalue weighted by Crippen LogP contribution is 2.16. The van der Waals surface area contributed by atoms with Gasteiger partial charge in [-0.25, -0.2) is 0 Å². The fourth-order valence-corrected chi connectivity index (χ4v) is 1.54. The Labute approximate surface area is 88.8 Å². The van der Waals surface area contributed by atoms with Crippen LogP contribution >= 0.6 is 0 Å². The van der Waals surface area contributed by atoms with Crippen LogP contribution in [0.5, 0.6) is 0 Å². The van der Waals surface area contributed by atoms with E-state index >= 15 is 0 Å².